The van der Waals surface area contributed by atoms with E-state index in [1.165, 1.54) is 17.4 Å². The molecule has 1 saturated heterocycles. The van der Waals surface area contributed by atoms with Gasteiger partial charge in [0.05, 0.1) is 12.4 Å². The molecule has 10 heteroatoms. The van der Waals surface area contributed by atoms with Gasteiger partial charge < -0.3 is 31.0 Å². The molecule has 168 valence electrons. The fraction of sp³-hybridized carbons (Fsp3) is 0.364. The Morgan fingerprint density at radius 1 is 1.25 bits per heavy atom. The van der Waals surface area contributed by atoms with Gasteiger partial charge in [-0.2, -0.15) is 0 Å². The van der Waals surface area contributed by atoms with Crippen molar-refractivity contribution in [3.05, 3.63) is 54.2 Å². The van der Waals surface area contributed by atoms with Crippen LogP contribution in [-0.4, -0.2) is 67.4 Å². The number of nitrogens with one attached hydrogen (secondary N) is 3. The molecule has 3 atom stereocenters. The lowest BCUT2D eigenvalue weighted by Gasteiger charge is -2.27. The lowest BCUT2D eigenvalue weighted by atomic mass is 10.0. The largest absolute Gasteiger partial charge is 0.480 e. The number of H-pyrrole nitrogens is 2. The van der Waals surface area contributed by atoms with Crippen LogP contribution in [0.3, 0.4) is 0 Å². The van der Waals surface area contributed by atoms with Gasteiger partial charge >= 0.3 is 5.97 Å². The van der Waals surface area contributed by atoms with Gasteiger partial charge in [0, 0.05) is 42.0 Å². The molecule has 32 heavy (non-hydrogen) atoms. The van der Waals surface area contributed by atoms with E-state index in [4.69, 9.17) is 5.73 Å². The number of nitrogens with zero attached hydrogens (tertiary/aromatic N) is 2. The number of hydrogen-bond donors (Lipinski definition) is 5. The average Bonchev–Trinajstić information content (AvgIpc) is 3.54. The quantitative estimate of drug-likeness (QED) is 0.346. The Kier molecular flexibility index (Phi) is 6.22. The first-order valence-corrected chi connectivity index (χ1v) is 10.6. The number of carboxylic acids is 1. The van der Waals surface area contributed by atoms with Crippen LogP contribution in [0.25, 0.3) is 10.9 Å². The number of para-hydroxylation sites is 1. The predicted molar refractivity (Wildman–Crippen MR) is 117 cm³/mol. The monoisotopic (exact) mass is 438 g/mol. The average molecular weight is 438 g/mol. The Labute approximate surface area is 184 Å². The number of rotatable bonds is 8. The first-order chi connectivity index (χ1) is 15.4. The second-order valence-corrected chi connectivity index (χ2v) is 8.04. The Morgan fingerprint density at radius 3 is 2.81 bits per heavy atom. The van der Waals surface area contributed by atoms with Crippen molar-refractivity contribution in [2.75, 3.05) is 6.54 Å². The minimum absolute atomic E-state index is 0.0712. The second-order valence-electron chi connectivity index (χ2n) is 8.04. The number of aliphatic carboxylic acids is 1. The minimum atomic E-state index is -1.15. The molecule has 1 aliphatic rings. The lowest BCUT2D eigenvalue weighted by Crippen LogP contribution is -2.54. The van der Waals surface area contributed by atoms with E-state index in [1.807, 2.05) is 30.5 Å². The number of hydrogen-bond acceptors (Lipinski definition) is 5. The van der Waals surface area contributed by atoms with Crippen LogP contribution in [-0.2, 0) is 27.2 Å². The van der Waals surface area contributed by atoms with E-state index >= 15 is 0 Å². The van der Waals surface area contributed by atoms with Gasteiger partial charge in [0.15, 0.2) is 0 Å². The Balaban J connectivity index is 1.41. The van der Waals surface area contributed by atoms with Crippen LogP contribution in [0.15, 0.2) is 43.0 Å². The summed E-state index contributed by atoms with van der Waals surface area (Å²) in [4.78, 5) is 48.9. The topological polar surface area (TPSA) is 157 Å². The van der Waals surface area contributed by atoms with Crippen LogP contribution in [0.4, 0.5) is 0 Å². The van der Waals surface area contributed by atoms with Crippen LogP contribution in [0.2, 0.25) is 0 Å². The third-order valence-corrected chi connectivity index (χ3v) is 5.86. The van der Waals surface area contributed by atoms with Crippen molar-refractivity contribution in [2.45, 2.75) is 43.8 Å². The van der Waals surface area contributed by atoms with E-state index in [9.17, 15) is 19.5 Å². The number of likely N-dealkylation sites (tertiary alicyclic amines) is 1. The summed E-state index contributed by atoms with van der Waals surface area (Å²) in [6.45, 7) is 0.413. The van der Waals surface area contributed by atoms with Gasteiger partial charge in [0.2, 0.25) is 11.8 Å². The third-order valence-electron chi connectivity index (χ3n) is 5.86. The van der Waals surface area contributed by atoms with Gasteiger partial charge in [-0.05, 0) is 30.9 Å². The van der Waals surface area contributed by atoms with Crippen molar-refractivity contribution < 1.29 is 19.5 Å². The molecule has 10 nitrogen and oxygen atoms in total. The van der Waals surface area contributed by atoms with E-state index < -0.39 is 30.0 Å². The molecule has 4 rings (SSSR count). The van der Waals surface area contributed by atoms with Gasteiger partial charge in [-0.25, -0.2) is 9.78 Å². The zero-order chi connectivity index (χ0) is 22.7. The number of fused-ring (bicyclic) bond motifs is 1. The number of aromatic nitrogens is 3. The molecule has 2 aromatic heterocycles. The van der Waals surface area contributed by atoms with Gasteiger partial charge in [-0.3, -0.25) is 9.59 Å². The standard InChI is InChI=1S/C22H26N6O4/c23-16(8-13-10-25-17-5-2-1-4-15(13)17)21(30)28-7-3-6-19(28)20(29)27-18(22(31)32)9-14-11-24-12-26-14/h1-2,4-5,10-12,16,18-19,25H,3,6-9,23H2,(H,24,26)(H,27,29)(H,31,32)/t16-,18-,19-/m0/s1. The van der Waals surface area contributed by atoms with Crippen molar-refractivity contribution in [3.63, 3.8) is 0 Å². The first-order valence-electron chi connectivity index (χ1n) is 10.6. The molecule has 1 aromatic carbocycles. The second kappa shape index (κ2) is 9.23. The number of nitrogens with two attached hydrogens (primary N) is 1. The summed E-state index contributed by atoms with van der Waals surface area (Å²) in [6.07, 6.45) is 6.33. The Bertz CT molecular complexity index is 1110. The van der Waals surface area contributed by atoms with Gasteiger partial charge in [0.25, 0.3) is 0 Å². The summed E-state index contributed by atoms with van der Waals surface area (Å²) in [6, 6.07) is 5.11. The molecule has 1 fully saturated rings. The van der Waals surface area contributed by atoms with Crippen LogP contribution < -0.4 is 11.1 Å². The number of amides is 2. The summed E-state index contributed by atoms with van der Waals surface area (Å²) in [7, 11) is 0. The zero-order valence-corrected chi connectivity index (χ0v) is 17.5. The summed E-state index contributed by atoms with van der Waals surface area (Å²) in [5.74, 6) is -1.95. The molecule has 6 N–H and O–H groups in total. The predicted octanol–water partition coefficient (Wildman–Crippen LogP) is 0.564. The molecule has 0 saturated carbocycles. The van der Waals surface area contributed by atoms with Crippen molar-refractivity contribution in [1.29, 1.82) is 0 Å². The van der Waals surface area contributed by atoms with E-state index in [1.54, 1.807) is 0 Å². The SMILES string of the molecule is N[C@@H](Cc1c[nH]c2ccccc12)C(=O)N1CCC[C@H]1C(=O)N[C@@H](Cc1cnc[nH]1)C(=O)O. The molecule has 3 heterocycles. The smallest absolute Gasteiger partial charge is 0.326 e. The van der Waals surface area contributed by atoms with Crippen LogP contribution >= 0.6 is 0 Å². The minimum Gasteiger partial charge on any atom is -0.480 e. The number of carboxylic acid groups (broad SMARTS) is 1. The van der Waals surface area contributed by atoms with Crippen molar-refractivity contribution in [1.82, 2.24) is 25.2 Å². The molecule has 0 spiro atoms. The first kappa shape index (κ1) is 21.6. The molecule has 3 aromatic rings. The molecule has 0 bridgehead atoms. The van der Waals surface area contributed by atoms with Crippen LogP contribution in [0.1, 0.15) is 24.1 Å². The van der Waals surface area contributed by atoms with E-state index in [-0.39, 0.29) is 12.3 Å². The van der Waals surface area contributed by atoms with Crippen LogP contribution in [0, 0.1) is 0 Å². The highest BCUT2D eigenvalue weighted by molar-refractivity contribution is 5.93. The highest BCUT2D eigenvalue weighted by Gasteiger charge is 2.37. The number of carbonyl (C=O) groups is 3. The number of aromatic amines is 2. The maximum Gasteiger partial charge on any atom is 0.326 e. The van der Waals surface area contributed by atoms with Crippen molar-refractivity contribution in [3.8, 4) is 0 Å². The molecule has 1 aliphatic heterocycles. The summed E-state index contributed by atoms with van der Waals surface area (Å²) < 4.78 is 0. The number of imidazole rings is 1. The fourth-order valence-corrected chi connectivity index (χ4v) is 4.23. The van der Waals surface area contributed by atoms with E-state index in [0.29, 0.717) is 31.5 Å². The molecule has 0 aliphatic carbocycles. The Morgan fingerprint density at radius 2 is 2.06 bits per heavy atom. The number of carbonyl (C=O) groups excluding carboxylic acids is 2. The molecular weight excluding hydrogens is 412 g/mol. The van der Waals surface area contributed by atoms with E-state index in [2.05, 4.69) is 20.3 Å². The summed E-state index contributed by atoms with van der Waals surface area (Å²) >= 11 is 0. The molecule has 2 amide bonds. The van der Waals surface area contributed by atoms with Gasteiger partial charge in [-0.15, -0.1) is 0 Å². The third kappa shape index (κ3) is 4.50. The van der Waals surface area contributed by atoms with Crippen molar-refractivity contribution >= 4 is 28.7 Å². The van der Waals surface area contributed by atoms with Crippen molar-refractivity contribution in [2.24, 2.45) is 5.73 Å². The van der Waals surface area contributed by atoms with Crippen LogP contribution in [0.5, 0.6) is 0 Å². The summed E-state index contributed by atoms with van der Waals surface area (Å²) in [5, 5.41) is 13.1. The molecule has 0 unspecified atom stereocenters. The summed E-state index contributed by atoms with van der Waals surface area (Å²) in [5.41, 5.74) is 8.74. The normalized spacial score (nSPS) is 17.9. The zero-order valence-electron chi connectivity index (χ0n) is 17.5. The lowest BCUT2D eigenvalue weighted by molar-refractivity contribution is -0.144. The van der Waals surface area contributed by atoms with E-state index in [0.717, 1.165) is 16.5 Å². The maximum absolute atomic E-state index is 13.1. The highest BCUT2D eigenvalue weighted by Crippen LogP contribution is 2.22. The van der Waals surface area contributed by atoms with Gasteiger partial charge in [-0.1, -0.05) is 18.2 Å². The highest BCUT2D eigenvalue weighted by atomic mass is 16.4. The fourth-order valence-electron chi connectivity index (χ4n) is 4.23. The maximum atomic E-state index is 13.1. The Hall–Kier alpha value is -3.66. The number of benzene rings is 1. The van der Waals surface area contributed by atoms with Gasteiger partial charge in [0.1, 0.15) is 12.1 Å². The molecular formula is C22H26N6O4. The molecule has 0 radical (unpaired) electrons.